The van der Waals surface area contributed by atoms with Crippen LogP contribution in [0.3, 0.4) is 0 Å². The Balaban J connectivity index is 1.50. The zero-order chi connectivity index (χ0) is 21.7. The number of hydrogen-bond donors (Lipinski definition) is 1. The van der Waals surface area contributed by atoms with Crippen molar-refractivity contribution in [2.75, 3.05) is 39.3 Å². The molecule has 2 heterocycles. The maximum absolute atomic E-state index is 12.6. The molecule has 7 heteroatoms. The maximum Gasteiger partial charge on any atom is 0.401 e. The molecule has 1 aromatic rings. The molecule has 2 saturated heterocycles. The predicted molar refractivity (Wildman–Crippen MR) is 114 cm³/mol. The van der Waals surface area contributed by atoms with Crippen LogP contribution in [0.5, 0.6) is 0 Å². The monoisotopic (exact) mass is 420 g/mol. The lowest BCUT2D eigenvalue weighted by Gasteiger charge is -2.40. The molecule has 0 amide bonds. The van der Waals surface area contributed by atoms with Crippen molar-refractivity contribution in [1.82, 2.24) is 20.0 Å². The molecule has 164 valence electrons. The first-order valence-corrected chi connectivity index (χ1v) is 10.4. The standard InChI is InChI=1S/C23H31F3N4/c1-18-15-28(17-23(24,25)26)12-13-29(18)16-19(2)30-11-7-10-22(30)20(3)27-14-21-8-5-4-6-9-21/h4-6,8-9,22,27H,1-3,7,10-17H2. The second-order valence-corrected chi connectivity index (χ2v) is 8.10. The normalized spacial score (nSPS) is 20.5. The number of benzene rings is 1. The summed E-state index contributed by atoms with van der Waals surface area (Å²) in [6, 6.07) is 10.4. The summed E-state index contributed by atoms with van der Waals surface area (Å²) < 4.78 is 37.9. The minimum absolute atomic E-state index is 0.181. The topological polar surface area (TPSA) is 21.8 Å². The van der Waals surface area contributed by atoms with Crippen LogP contribution in [0.2, 0.25) is 0 Å². The molecule has 1 atom stereocenters. The Labute approximate surface area is 177 Å². The van der Waals surface area contributed by atoms with Crippen LogP contribution in [0.15, 0.2) is 67.2 Å². The number of nitrogens with one attached hydrogen (secondary N) is 1. The van der Waals surface area contributed by atoms with Crippen molar-refractivity contribution in [2.24, 2.45) is 0 Å². The van der Waals surface area contributed by atoms with Gasteiger partial charge in [-0.25, -0.2) is 0 Å². The molecule has 1 N–H and O–H groups in total. The maximum atomic E-state index is 12.6. The lowest BCUT2D eigenvalue weighted by atomic mass is 10.1. The smallest absolute Gasteiger partial charge is 0.383 e. The van der Waals surface area contributed by atoms with E-state index in [2.05, 4.69) is 42.1 Å². The molecule has 0 aliphatic carbocycles. The number of rotatable bonds is 8. The van der Waals surface area contributed by atoms with Crippen LogP contribution in [0, 0.1) is 0 Å². The summed E-state index contributed by atoms with van der Waals surface area (Å²) >= 11 is 0. The highest BCUT2D eigenvalue weighted by Gasteiger charge is 2.34. The highest BCUT2D eigenvalue weighted by molar-refractivity contribution is 5.19. The largest absolute Gasteiger partial charge is 0.401 e. The van der Waals surface area contributed by atoms with E-state index in [-0.39, 0.29) is 12.6 Å². The Morgan fingerprint density at radius 1 is 1.10 bits per heavy atom. The molecule has 2 aliphatic rings. The van der Waals surface area contributed by atoms with E-state index < -0.39 is 12.7 Å². The third-order valence-corrected chi connectivity index (χ3v) is 5.74. The molecular formula is C23H31F3N4. The fraction of sp³-hybridized carbons (Fsp3) is 0.478. The lowest BCUT2D eigenvalue weighted by molar-refractivity contribution is -0.147. The Kier molecular flexibility index (Phi) is 7.13. The lowest BCUT2D eigenvalue weighted by Crippen LogP contribution is -2.49. The van der Waals surface area contributed by atoms with Gasteiger partial charge in [0.2, 0.25) is 0 Å². The van der Waals surface area contributed by atoms with E-state index in [1.165, 1.54) is 10.5 Å². The molecular weight excluding hydrogens is 389 g/mol. The van der Waals surface area contributed by atoms with Crippen LogP contribution in [0.1, 0.15) is 18.4 Å². The van der Waals surface area contributed by atoms with E-state index in [1.807, 2.05) is 23.1 Å². The zero-order valence-corrected chi connectivity index (χ0v) is 17.4. The molecule has 0 saturated carbocycles. The van der Waals surface area contributed by atoms with E-state index in [9.17, 15) is 13.2 Å². The Morgan fingerprint density at radius 2 is 1.83 bits per heavy atom. The van der Waals surface area contributed by atoms with Gasteiger partial charge in [0, 0.05) is 49.8 Å². The van der Waals surface area contributed by atoms with Gasteiger partial charge in [-0.1, -0.05) is 50.1 Å². The molecule has 1 aromatic carbocycles. The quantitative estimate of drug-likeness (QED) is 0.687. The van der Waals surface area contributed by atoms with E-state index >= 15 is 0 Å². The van der Waals surface area contributed by atoms with Gasteiger partial charge < -0.3 is 15.1 Å². The molecule has 1 unspecified atom stereocenters. The molecule has 2 fully saturated rings. The van der Waals surface area contributed by atoms with E-state index in [0.717, 1.165) is 37.3 Å². The van der Waals surface area contributed by atoms with Crippen LogP contribution in [-0.2, 0) is 6.54 Å². The van der Waals surface area contributed by atoms with Crippen molar-refractivity contribution in [1.29, 1.82) is 0 Å². The average Bonchev–Trinajstić information content (AvgIpc) is 3.18. The highest BCUT2D eigenvalue weighted by Crippen LogP contribution is 2.27. The summed E-state index contributed by atoms with van der Waals surface area (Å²) in [5, 5.41) is 3.44. The van der Waals surface area contributed by atoms with Gasteiger partial charge in [0.25, 0.3) is 0 Å². The first-order chi connectivity index (χ1) is 14.2. The van der Waals surface area contributed by atoms with Crippen molar-refractivity contribution in [3.8, 4) is 0 Å². The van der Waals surface area contributed by atoms with Gasteiger partial charge in [0.1, 0.15) is 0 Å². The van der Waals surface area contributed by atoms with Crippen molar-refractivity contribution in [3.05, 3.63) is 72.7 Å². The van der Waals surface area contributed by atoms with Gasteiger partial charge in [0.15, 0.2) is 0 Å². The SMILES string of the molecule is C=C(NCc1ccccc1)C1CCCN1C(=C)CN1CCN(CC(F)(F)F)CC1=C. The molecule has 30 heavy (non-hydrogen) atoms. The number of piperazine rings is 1. The van der Waals surface area contributed by atoms with Crippen LogP contribution < -0.4 is 5.32 Å². The fourth-order valence-corrected chi connectivity index (χ4v) is 4.18. The molecule has 0 spiro atoms. The summed E-state index contributed by atoms with van der Waals surface area (Å²) in [5.41, 5.74) is 3.86. The van der Waals surface area contributed by atoms with Gasteiger partial charge in [0.05, 0.1) is 19.1 Å². The third-order valence-electron chi connectivity index (χ3n) is 5.74. The molecule has 0 aromatic heterocycles. The molecule has 0 bridgehead atoms. The van der Waals surface area contributed by atoms with Gasteiger partial charge in [-0.05, 0) is 18.4 Å². The summed E-state index contributed by atoms with van der Waals surface area (Å²) in [5.74, 6) is 0. The molecule has 0 radical (unpaired) electrons. The Hall–Kier alpha value is -2.41. The van der Waals surface area contributed by atoms with Crippen LogP contribution in [0.25, 0.3) is 0 Å². The van der Waals surface area contributed by atoms with Crippen LogP contribution >= 0.6 is 0 Å². The predicted octanol–water partition coefficient (Wildman–Crippen LogP) is 3.96. The van der Waals surface area contributed by atoms with Crippen molar-refractivity contribution in [2.45, 2.75) is 31.6 Å². The van der Waals surface area contributed by atoms with E-state index in [4.69, 9.17) is 0 Å². The number of halogens is 3. The molecule has 3 rings (SSSR count). The molecule has 2 aliphatic heterocycles. The molecule has 4 nitrogen and oxygen atoms in total. The number of alkyl halides is 3. The number of likely N-dealkylation sites (tertiary alicyclic amines) is 1. The van der Waals surface area contributed by atoms with Gasteiger partial charge in [-0.3, -0.25) is 4.90 Å². The average molecular weight is 421 g/mol. The van der Waals surface area contributed by atoms with Crippen molar-refractivity contribution < 1.29 is 13.2 Å². The second-order valence-electron chi connectivity index (χ2n) is 8.10. The summed E-state index contributed by atoms with van der Waals surface area (Å²) in [6.45, 7) is 15.0. The number of hydrogen-bond acceptors (Lipinski definition) is 4. The summed E-state index contributed by atoms with van der Waals surface area (Å²) in [6.07, 6.45) is -2.10. The fourth-order valence-electron chi connectivity index (χ4n) is 4.18. The first kappa shape index (κ1) is 22.3. The van der Waals surface area contributed by atoms with Crippen LogP contribution in [-0.4, -0.2) is 66.2 Å². The van der Waals surface area contributed by atoms with Gasteiger partial charge in [-0.2, -0.15) is 13.2 Å². The Bertz CT molecular complexity index is 759. The number of nitrogens with zero attached hydrogens (tertiary/aromatic N) is 3. The highest BCUT2D eigenvalue weighted by atomic mass is 19.4. The summed E-state index contributed by atoms with van der Waals surface area (Å²) in [7, 11) is 0. The van der Waals surface area contributed by atoms with Crippen molar-refractivity contribution in [3.63, 3.8) is 0 Å². The Morgan fingerprint density at radius 3 is 2.50 bits per heavy atom. The first-order valence-electron chi connectivity index (χ1n) is 10.4. The minimum Gasteiger partial charge on any atom is -0.383 e. The third kappa shape index (κ3) is 6.05. The minimum atomic E-state index is -4.18. The van der Waals surface area contributed by atoms with E-state index in [0.29, 0.717) is 25.3 Å². The van der Waals surface area contributed by atoms with E-state index in [1.54, 1.807) is 0 Å². The van der Waals surface area contributed by atoms with Crippen LogP contribution in [0.4, 0.5) is 13.2 Å². The second kappa shape index (κ2) is 9.60. The zero-order valence-electron chi connectivity index (χ0n) is 17.4. The van der Waals surface area contributed by atoms with Gasteiger partial charge >= 0.3 is 6.18 Å². The van der Waals surface area contributed by atoms with Gasteiger partial charge in [-0.15, -0.1) is 0 Å². The summed E-state index contributed by atoms with van der Waals surface area (Å²) in [4.78, 5) is 5.72. The van der Waals surface area contributed by atoms with Crippen molar-refractivity contribution >= 4 is 0 Å².